The Kier molecular flexibility index (Phi) is 4.91. The highest BCUT2D eigenvalue weighted by molar-refractivity contribution is 7.17. The largest absolute Gasteiger partial charge is 0.376 e. The van der Waals surface area contributed by atoms with Crippen molar-refractivity contribution in [3.8, 4) is 10.6 Å². The van der Waals surface area contributed by atoms with Crippen LogP contribution in [0.3, 0.4) is 0 Å². The number of nitrogens with one attached hydrogen (secondary N) is 1. The Hall–Kier alpha value is -3.34. The van der Waals surface area contributed by atoms with Gasteiger partial charge in [-0.25, -0.2) is 14.4 Å². The molecule has 1 aromatic carbocycles. The molecule has 1 fully saturated rings. The monoisotopic (exact) mass is 496 g/mol. The van der Waals surface area contributed by atoms with Crippen molar-refractivity contribution in [2.45, 2.75) is 12.1 Å². The van der Waals surface area contributed by atoms with Gasteiger partial charge in [0, 0.05) is 25.9 Å². The number of aromatic nitrogens is 4. The summed E-state index contributed by atoms with van der Waals surface area (Å²) in [5, 5.41) is 7.62. The molecule has 2 aliphatic rings. The van der Waals surface area contributed by atoms with Gasteiger partial charge < -0.3 is 15.0 Å². The van der Waals surface area contributed by atoms with Gasteiger partial charge in [-0.15, -0.1) is 11.3 Å². The quantitative estimate of drug-likeness (QED) is 0.442. The molecule has 0 unspecified atom stereocenters. The minimum atomic E-state index is -0.603. The second kappa shape index (κ2) is 7.86. The van der Waals surface area contributed by atoms with Crippen molar-refractivity contribution in [1.29, 1.82) is 0 Å². The Balaban J connectivity index is 1.36. The molecular formula is C23H18ClFN6O2S. The van der Waals surface area contributed by atoms with Crippen LogP contribution >= 0.6 is 22.9 Å². The van der Waals surface area contributed by atoms with Crippen LogP contribution in [0.15, 0.2) is 48.8 Å². The van der Waals surface area contributed by atoms with Gasteiger partial charge in [0.25, 0.3) is 5.91 Å². The molecule has 3 aromatic heterocycles. The number of amides is 1. The van der Waals surface area contributed by atoms with E-state index in [4.69, 9.17) is 16.3 Å². The second-order valence-electron chi connectivity index (χ2n) is 8.23. The lowest BCUT2D eigenvalue weighted by molar-refractivity contribution is -0.126. The van der Waals surface area contributed by atoms with Crippen molar-refractivity contribution in [2.75, 3.05) is 18.5 Å². The molecule has 1 amide bonds. The molecule has 4 aromatic rings. The minimum Gasteiger partial charge on any atom is -0.376 e. The summed E-state index contributed by atoms with van der Waals surface area (Å²) >= 11 is 8.23. The summed E-state index contributed by atoms with van der Waals surface area (Å²) in [6.45, 7) is 1.02. The number of halogens is 2. The topological polar surface area (TPSA) is 85.2 Å². The number of fused-ring (bicyclic) bond motifs is 2. The van der Waals surface area contributed by atoms with Crippen LogP contribution in [0.5, 0.6) is 0 Å². The van der Waals surface area contributed by atoms with E-state index in [1.54, 1.807) is 40.2 Å². The highest BCUT2D eigenvalue weighted by Crippen LogP contribution is 2.54. The number of rotatable bonds is 5. The molecule has 172 valence electrons. The molecule has 6 rings (SSSR count). The van der Waals surface area contributed by atoms with Crippen molar-refractivity contribution in [1.82, 2.24) is 24.6 Å². The maximum Gasteiger partial charge on any atom is 0.257 e. The Labute approximate surface area is 203 Å². The van der Waals surface area contributed by atoms with Gasteiger partial charge in [0.2, 0.25) is 5.95 Å². The summed E-state index contributed by atoms with van der Waals surface area (Å²) in [4.78, 5) is 25.7. The van der Waals surface area contributed by atoms with Gasteiger partial charge in [0.05, 0.1) is 45.4 Å². The van der Waals surface area contributed by atoms with Crippen LogP contribution in [-0.2, 0) is 23.9 Å². The SMILES string of the molecule is Cn1nccc1Nc1nccc(-c2sc3c(c2Cl)C(=O)N(Cc2cccc(F)c2)C32COC2)n1. The summed E-state index contributed by atoms with van der Waals surface area (Å²) in [5.41, 5.74) is 1.20. The Morgan fingerprint density at radius 3 is 2.82 bits per heavy atom. The third-order valence-electron chi connectivity index (χ3n) is 6.11. The number of carbonyl (C=O) groups is 1. The van der Waals surface area contributed by atoms with E-state index in [-0.39, 0.29) is 18.3 Å². The lowest BCUT2D eigenvalue weighted by Crippen LogP contribution is -2.56. The number of aryl methyl sites for hydroxylation is 1. The van der Waals surface area contributed by atoms with Crippen molar-refractivity contribution in [2.24, 2.45) is 7.05 Å². The molecule has 0 bridgehead atoms. The van der Waals surface area contributed by atoms with Crippen LogP contribution in [0.2, 0.25) is 5.02 Å². The molecule has 2 aliphatic heterocycles. The van der Waals surface area contributed by atoms with E-state index in [2.05, 4.69) is 20.4 Å². The number of hydrogen-bond acceptors (Lipinski definition) is 7. The predicted octanol–water partition coefficient (Wildman–Crippen LogP) is 4.36. The second-order valence-corrected chi connectivity index (χ2v) is 9.62. The van der Waals surface area contributed by atoms with E-state index in [1.807, 2.05) is 13.1 Å². The first-order chi connectivity index (χ1) is 16.5. The first kappa shape index (κ1) is 21.2. The normalized spacial score (nSPS) is 16.1. The highest BCUT2D eigenvalue weighted by atomic mass is 35.5. The highest BCUT2D eigenvalue weighted by Gasteiger charge is 2.57. The zero-order valence-electron chi connectivity index (χ0n) is 18.0. The number of carbonyl (C=O) groups excluding carboxylic acids is 1. The Bertz CT molecular complexity index is 1430. The molecule has 8 nitrogen and oxygen atoms in total. The maximum atomic E-state index is 13.7. The fourth-order valence-electron chi connectivity index (χ4n) is 4.33. The van der Waals surface area contributed by atoms with Crippen molar-refractivity contribution in [3.63, 3.8) is 0 Å². The van der Waals surface area contributed by atoms with Crippen LogP contribution in [0.1, 0.15) is 20.8 Å². The van der Waals surface area contributed by atoms with Crippen LogP contribution in [0, 0.1) is 5.82 Å². The van der Waals surface area contributed by atoms with E-state index in [0.29, 0.717) is 45.9 Å². The smallest absolute Gasteiger partial charge is 0.257 e. The van der Waals surface area contributed by atoms with Gasteiger partial charge in [0.15, 0.2) is 0 Å². The number of anilines is 2. The lowest BCUT2D eigenvalue weighted by Gasteiger charge is -2.45. The average Bonchev–Trinajstić information content (AvgIpc) is 3.42. The van der Waals surface area contributed by atoms with E-state index >= 15 is 0 Å². The lowest BCUT2D eigenvalue weighted by atomic mass is 9.94. The summed E-state index contributed by atoms with van der Waals surface area (Å²) in [5.74, 6) is 0.618. The van der Waals surface area contributed by atoms with Crippen LogP contribution in [-0.4, -0.2) is 43.8 Å². The molecule has 1 spiro atoms. The summed E-state index contributed by atoms with van der Waals surface area (Å²) < 4.78 is 21.0. The molecule has 0 atom stereocenters. The number of benzene rings is 1. The molecule has 11 heteroatoms. The molecule has 5 heterocycles. The van der Waals surface area contributed by atoms with E-state index in [9.17, 15) is 9.18 Å². The third-order valence-corrected chi connectivity index (χ3v) is 8.00. The molecule has 1 saturated heterocycles. The number of hydrogen-bond donors (Lipinski definition) is 1. The maximum absolute atomic E-state index is 13.7. The first-order valence-electron chi connectivity index (χ1n) is 10.5. The molecule has 0 radical (unpaired) electrons. The molecule has 0 aliphatic carbocycles. The predicted molar refractivity (Wildman–Crippen MR) is 126 cm³/mol. The molecule has 34 heavy (non-hydrogen) atoms. The average molecular weight is 497 g/mol. The first-order valence-corrected chi connectivity index (χ1v) is 11.7. The van der Waals surface area contributed by atoms with Crippen molar-refractivity contribution in [3.05, 3.63) is 75.6 Å². The molecule has 1 N–H and O–H groups in total. The fraction of sp³-hybridized carbons (Fsp3) is 0.217. The van der Waals surface area contributed by atoms with Gasteiger partial charge >= 0.3 is 0 Å². The number of nitrogens with zero attached hydrogens (tertiary/aromatic N) is 5. The van der Waals surface area contributed by atoms with Crippen LogP contribution < -0.4 is 5.32 Å². The van der Waals surface area contributed by atoms with E-state index in [1.165, 1.54) is 23.5 Å². The molecular weight excluding hydrogens is 479 g/mol. The third kappa shape index (κ3) is 3.21. The summed E-state index contributed by atoms with van der Waals surface area (Å²) in [6, 6.07) is 9.85. The Morgan fingerprint density at radius 2 is 2.12 bits per heavy atom. The van der Waals surface area contributed by atoms with Gasteiger partial charge in [-0.2, -0.15) is 5.10 Å². The zero-order valence-corrected chi connectivity index (χ0v) is 19.5. The summed E-state index contributed by atoms with van der Waals surface area (Å²) in [6.07, 6.45) is 3.32. The van der Waals surface area contributed by atoms with Gasteiger partial charge in [-0.1, -0.05) is 23.7 Å². The van der Waals surface area contributed by atoms with E-state index in [0.717, 1.165) is 10.7 Å². The van der Waals surface area contributed by atoms with E-state index < -0.39 is 5.54 Å². The van der Waals surface area contributed by atoms with Gasteiger partial charge in [0.1, 0.15) is 17.2 Å². The van der Waals surface area contributed by atoms with Gasteiger partial charge in [-0.3, -0.25) is 9.48 Å². The van der Waals surface area contributed by atoms with Crippen LogP contribution in [0.4, 0.5) is 16.2 Å². The van der Waals surface area contributed by atoms with Crippen molar-refractivity contribution >= 4 is 40.6 Å². The fourth-order valence-corrected chi connectivity index (χ4v) is 6.09. The summed E-state index contributed by atoms with van der Waals surface area (Å²) in [7, 11) is 1.81. The van der Waals surface area contributed by atoms with Crippen LogP contribution in [0.25, 0.3) is 10.6 Å². The Morgan fingerprint density at radius 1 is 1.26 bits per heavy atom. The number of ether oxygens (including phenoxy) is 1. The molecule has 0 saturated carbocycles. The minimum absolute atomic E-state index is 0.183. The van der Waals surface area contributed by atoms with Crippen molar-refractivity contribution < 1.29 is 13.9 Å². The standard InChI is InChI=1S/C23H18ClFN6O2S/c1-30-16(6-8-27-30)29-22-26-7-5-15(28-22)19-18(24)17-20(34-19)23(11-33-12-23)31(21(17)32)10-13-3-2-4-14(25)9-13/h2-9H,10-12H2,1H3,(H,26,28,29). The zero-order chi connectivity index (χ0) is 23.4. The number of thiophene rings is 1. The van der Waals surface area contributed by atoms with Gasteiger partial charge in [-0.05, 0) is 23.8 Å².